The minimum Gasteiger partial charge on any atom is -0.208 e. The van der Waals surface area contributed by atoms with Gasteiger partial charge in [0.2, 0.25) is 0 Å². The van der Waals surface area contributed by atoms with Crippen LogP contribution in [-0.2, 0) is 0 Å². The summed E-state index contributed by atoms with van der Waals surface area (Å²) in [5.74, 6) is 2.02. The Morgan fingerprint density at radius 1 is 0.341 bits per heavy atom. The van der Waals surface area contributed by atoms with Crippen LogP contribution in [0.25, 0.3) is 85.6 Å². The second-order valence-electron chi connectivity index (χ2n) is 10.8. The molecule has 0 N–H and O–H groups in total. The van der Waals surface area contributed by atoms with Crippen molar-refractivity contribution in [1.29, 1.82) is 0 Å². The Morgan fingerprint density at radius 2 is 0.886 bits per heavy atom. The van der Waals surface area contributed by atoms with Crippen molar-refractivity contribution in [3.63, 3.8) is 0 Å². The van der Waals surface area contributed by atoms with E-state index in [1.54, 1.807) is 11.3 Å². The lowest BCUT2D eigenvalue weighted by Crippen LogP contribution is -2.00. The van der Waals surface area contributed by atoms with E-state index in [1.807, 2.05) is 17.4 Å². The molecule has 0 saturated carbocycles. The van der Waals surface area contributed by atoms with Crippen LogP contribution in [0.3, 0.4) is 0 Å². The molecule has 0 aliphatic carbocycles. The molecule has 0 unspecified atom stereocenters. The molecule has 9 aromatic rings. The lowest BCUT2D eigenvalue weighted by Gasteiger charge is -2.10. The largest absolute Gasteiger partial charge is 0.208 e. The van der Waals surface area contributed by atoms with E-state index in [4.69, 9.17) is 15.0 Å². The first-order chi connectivity index (χ1) is 21.8. The quantitative estimate of drug-likeness (QED) is 0.203. The summed E-state index contributed by atoms with van der Waals surface area (Å²) < 4.78 is 4.99. The minimum absolute atomic E-state index is 0.665. The molecule has 0 aliphatic heterocycles. The minimum atomic E-state index is 0.665. The summed E-state index contributed by atoms with van der Waals surface area (Å²) >= 11 is 3.61. The summed E-state index contributed by atoms with van der Waals surface area (Å²) in [7, 11) is 0. The number of nitrogens with zero attached hydrogens (tertiary/aromatic N) is 3. The first kappa shape index (κ1) is 25.3. The van der Waals surface area contributed by atoms with Gasteiger partial charge in [-0.15, -0.1) is 22.7 Å². The molecule has 0 saturated heterocycles. The Labute approximate surface area is 261 Å². The Hall–Kier alpha value is -5.23. The SMILES string of the molecule is c1ccc(-c2ccc(-c3nc(-c4ccc5sc6ccccc6c5c4)nc(-c4cccc5c4sc4ccccc45)n3)cc2)cc1. The zero-order valence-electron chi connectivity index (χ0n) is 23.4. The molecular weight excluding hydrogens is 575 g/mol. The molecule has 0 amide bonds. The maximum atomic E-state index is 5.14. The summed E-state index contributed by atoms with van der Waals surface area (Å²) in [5, 5.41) is 4.97. The summed E-state index contributed by atoms with van der Waals surface area (Å²) in [6.07, 6.45) is 0. The molecule has 0 atom stereocenters. The molecule has 5 heteroatoms. The molecule has 0 aliphatic rings. The van der Waals surface area contributed by atoms with Gasteiger partial charge in [0, 0.05) is 57.0 Å². The number of hydrogen-bond donors (Lipinski definition) is 0. The highest BCUT2D eigenvalue weighted by atomic mass is 32.1. The van der Waals surface area contributed by atoms with Crippen LogP contribution in [0.1, 0.15) is 0 Å². The molecule has 6 aromatic carbocycles. The standard InChI is InChI=1S/C39H23N3S2/c1-2-9-24(10-3-1)25-17-19-26(20-18-25)37-40-38(27-21-22-35-32(23-27)29-12-5-6-15-33(29)43-35)42-39(41-37)31-14-8-13-30-28-11-4-7-16-34(28)44-36(30)31/h1-23H. The molecule has 9 rings (SSSR count). The highest BCUT2D eigenvalue weighted by molar-refractivity contribution is 7.26. The van der Waals surface area contributed by atoms with E-state index < -0.39 is 0 Å². The van der Waals surface area contributed by atoms with Gasteiger partial charge in [0.05, 0.1) is 0 Å². The number of thiophene rings is 2. The van der Waals surface area contributed by atoms with Gasteiger partial charge in [-0.3, -0.25) is 0 Å². The third-order valence-electron chi connectivity index (χ3n) is 8.17. The average Bonchev–Trinajstić information content (AvgIpc) is 3.67. The third-order valence-corrected chi connectivity index (χ3v) is 10.5. The zero-order valence-corrected chi connectivity index (χ0v) is 25.1. The Balaban J connectivity index is 1.25. The van der Waals surface area contributed by atoms with Crippen LogP contribution in [0.4, 0.5) is 0 Å². The predicted molar refractivity (Wildman–Crippen MR) is 187 cm³/mol. The molecule has 3 aromatic heterocycles. The molecule has 0 radical (unpaired) electrons. The van der Waals surface area contributed by atoms with Crippen LogP contribution >= 0.6 is 22.7 Å². The molecule has 0 bridgehead atoms. The van der Waals surface area contributed by atoms with E-state index in [0.717, 1.165) is 22.3 Å². The normalized spacial score (nSPS) is 11.6. The molecule has 3 heterocycles. The number of aromatic nitrogens is 3. The fourth-order valence-electron chi connectivity index (χ4n) is 5.99. The number of rotatable bonds is 4. The van der Waals surface area contributed by atoms with E-state index in [-0.39, 0.29) is 0 Å². The van der Waals surface area contributed by atoms with Gasteiger partial charge in [-0.05, 0) is 47.5 Å². The fourth-order valence-corrected chi connectivity index (χ4v) is 8.28. The maximum Gasteiger partial charge on any atom is 0.165 e. The van der Waals surface area contributed by atoms with E-state index in [2.05, 4.69) is 133 Å². The zero-order chi connectivity index (χ0) is 29.0. The lowest BCUT2D eigenvalue weighted by molar-refractivity contribution is 1.08. The summed E-state index contributed by atoms with van der Waals surface area (Å²) in [6, 6.07) is 49.1. The van der Waals surface area contributed by atoms with E-state index in [0.29, 0.717) is 17.5 Å². The molecule has 0 spiro atoms. The van der Waals surface area contributed by atoms with Gasteiger partial charge in [0.1, 0.15) is 0 Å². The van der Waals surface area contributed by atoms with Gasteiger partial charge >= 0.3 is 0 Å². The monoisotopic (exact) mass is 597 g/mol. The van der Waals surface area contributed by atoms with E-state index in [9.17, 15) is 0 Å². The lowest BCUT2D eigenvalue weighted by atomic mass is 10.0. The summed E-state index contributed by atoms with van der Waals surface area (Å²) in [5.41, 5.74) is 5.31. The molecule has 3 nitrogen and oxygen atoms in total. The van der Waals surface area contributed by atoms with E-state index in [1.165, 1.54) is 45.9 Å². The van der Waals surface area contributed by atoms with Gasteiger partial charge < -0.3 is 0 Å². The highest BCUT2D eigenvalue weighted by Crippen LogP contribution is 2.40. The van der Waals surface area contributed by atoms with Crippen LogP contribution in [0.2, 0.25) is 0 Å². The van der Waals surface area contributed by atoms with Crippen LogP contribution in [0, 0.1) is 0 Å². The van der Waals surface area contributed by atoms with Crippen molar-refractivity contribution in [1.82, 2.24) is 15.0 Å². The van der Waals surface area contributed by atoms with Crippen LogP contribution in [0.15, 0.2) is 140 Å². The summed E-state index contributed by atoms with van der Waals surface area (Å²) in [4.78, 5) is 15.3. The molecule has 0 fully saturated rings. The van der Waals surface area contributed by atoms with Gasteiger partial charge in [-0.2, -0.15) is 0 Å². The first-order valence-electron chi connectivity index (χ1n) is 14.5. The fraction of sp³-hybridized carbons (Fsp3) is 0. The van der Waals surface area contributed by atoms with Crippen molar-refractivity contribution < 1.29 is 0 Å². The Morgan fingerprint density at radius 3 is 1.68 bits per heavy atom. The van der Waals surface area contributed by atoms with Crippen molar-refractivity contribution in [3.05, 3.63) is 140 Å². The molecule has 44 heavy (non-hydrogen) atoms. The van der Waals surface area contributed by atoms with Crippen molar-refractivity contribution >= 4 is 63.0 Å². The maximum absolute atomic E-state index is 5.14. The number of hydrogen-bond acceptors (Lipinski definition) is 5. The van der Waals surface area contributed by atoms with Crippen molar-refractivity contribution in [2.45, 2.75) is 0 Å². The average molecular weight is 598 g/mol. The second kappa shape index (κ2) is 10.2. The van der Waals surface area contributed by atoms with Crippen molar-refractivity contribution in [2.75, 3.05) is 0 Å². The van der Waals surface area contributed by atoms with Crippen LogP contribution in [-0.4, -0.2) is 15.0 Å². The third kappa shape index (κ3) is 4.21. The Kier molecular flexibility index (Phi) is 5.86. The van der Waals surface area contributed by atoms with Gasteiger partial charge in [0.25, 0.3) is 0 Å². The molecular formula is C39H23N3S2. The predicted octanol–water partition coefficient (Wildman–Crippen LogP) is 11.3. The van der Waals surface area contributed by atoms with Crippen molar-refractivity contribution in [2.24, 2.45) is 0 Å². The van der Waals surface area contributed by atoms with Crippen LogP contribution in [0.5, 0.6) is 0 Å². The second-order valence-corrected chi connectivity index (χ2v) is 13.0. The highest BCUT2D eigenvalue weighted by Gasteiger charge is 2.17. The van der Waals surface area contributed by atoms with Gasteiger partial charge in [0.15, 0.2) is 17.5 Å². The van der Waals surface area contributed by atoms with Crippen LogP contribution < -0.4 is 0 Å². The smallest absolute Gasteiger partial charge is 0.165 e. The van der Waals surface area contributed by atoms with Gasteiger partial charge in [-0.1, -0.05) is 103 Å². The number of fused-ring (bicyclic) bond motifs is 6. The van der Waals surface area contributed by atoms with Gasteiger partial charge in [-0.25, -0.2) is 15.0 Å². The molecule has 206 valence electrons. The first-order valence-corrected chi connectivity index (χ1v) is 16.2. The van der Waals surface area contributed by atoms with E-state index >= 15 is 0 Å². The Bertz CT molecular complexity index is 2490. The van der Waals surface area contributed by atoms with Crippen molar-refractivity contribution in [3.8, 4) is 45.3 Å². The number of benzene rings is 6. The topological polar surface area (TPSA) is 38.7 Å². The summed E-state index contributed by atoms with van der Waals surface area (Å²) in [6.45, 7) is 0.